The van der Waals surface area contributed by atoms with Crippen molar-refractivity contribution in [1.82, 2.24) is 9.55 Å². The fourth-order valence-electron chi connectivity index (χ4n) is 2.73. The second kappa shape index (κ2) is 7.66. The molecule has 0 aliphatic rings. The van der Waals surface area contributed by atoms with Gasteiger partial charge in [0.2, 0.25) is 0 Å². The number of aromatic nitrogens is 2. The molecule has 0 radical (unpaired) electrons. The van der Waals surface area contributed by atoms with Crippen molar-refractivity contribution in [1.29, 1.82) is 0 Å². The molecule has 2 aromatic heterocycles. The number of nitrogens with zero attached hydrogens (tertiary/aromatic N) is 2. The third-order valence-electron chi connectivity index (χ3n) is 4.07. The van der Waals surface area contributed by atoms with Gasteiger partial charge in [0.1, 0.15) is 0 Å². The van der Waals surface area contributed by atoms with Crippen molar-refractivity contribution < 1.29 is 4.79 Å². The Balaban J connectivity index is 1.82. The van der Waals surface area contributed by atoms with Crippen LogP contribution < -0.4 is 5.32 Å². The zero-order chi connectivity index (χ0) is 18.8. The maximum Gasteiger partial charge on any atom is 0.257 e. The number of hydrogen-bond donors (Lipinski definition) is 1. The first-order valence-electron chi connectivity index (χ1n) is 7.90. The molecule has 0 saturated carbocycles. The Hall–Kier alpha value is -2.08. The van der Waals surface area contributed by atoms with Gasteiger partial charge in [0.05, 0.1) is 15.7 Å². The van der Waals surface area contributed by atoms with Crippen molar-refractivity contribution >= 4 is 45.6 Å². The van der Waals surface area contributed by atoms with Crippen LogP contribution in [0.4, 0.5) is 5.13 Å². The maximum atomic E-state index is 12.4. The SMILES string of the molecule is C=CCn1c(C)cc(-c2csc(NC(=O)c3ccc(Cl)c(Cl)c3)n2)c1C. The van der Waals surface area contributed by atoms with Crippen LogP contribution in [-0.4, -0.2) is 15.5 Å². The maximum absolute atomic E-state index is 12.4. The summed E-state index contributed by atoms with van der Waals surface area (Å²) in [7, 11) is 0. The van der Waals surface area contributed by atoms with Crippen LogP contribution in [0, 0.1) is 13.8 Å². The smallest absolute Gasteiger partial charge is 0.257 e. The van der Waals surface area contributed by atoms with Gasteiger partial charge in [-0.05, 0) is 38.1 Å². The number of thiazole rings is 1. The molecule has 0 fully saturated rings. The average molecular weight is 406 g/mol. The van der Waals surface area contributed by atoms with E-state index in [9.17, 15) is 4.79 Å². The van der Waals surface area contributed by atoms with Gasteiger partial charge in [-0.15, -0.1) is 17.9 Å². The Labute approximate surface area is 166 Å². The minimum atomic E-state index is -0.276. The van der Waals surface area contributed by atoms with Gasteiger partial charge >= 0.3 is 0 Å². The highest BCUT2D eigenvalue weighted by molar-refractivity contribution is 7.14. The number of aryl methyl sites for hydroxylation is 1. The summed E-state index contributed by atoms with van der Waals surface area (Å²) >= 11 is 13.2. The molecule has 2 heterocycles. The van der Waals surface area contributed by atoms with Crippen molar-refractivity contribution in [3.8, 4) is 11.3 Å². The van der Waals surface area contributed by atoms with E-state index in [1.165, 1.54) is 17.4 Å². The first-order chi connectivity index (χ1) is 12.4. The van der Waals surface area contributed by atoms with Crippen LogP contribution in [0.2, 0.25) is 10.0 Å². The summed E-state index contributed by atoms with van der Waals surface area (Å²) in [4.78, 5) is 16.9. The van der Waals surface area contributed by atoms with E-state index in [1.807, 2.05) is 11.5 Å². The van der Waals surface area contributed by atoms with E-state index in [0.717, 1.165) is 29.2 Å². The molecular formula is C19H17Cl2N3OS. The quantitative estimate of drug-likeness (QED) is 0.531. The summed E-state index contributed by atoms with van der Waals surface area (Å²) in [5.74, 6) is -0.276. The fraction of sp³-hybridized carbons (Fsp3) is 0.158. The first-order valence-corrected chi connectivity index (χ1v) is 9.54. The number of amides is 1. The van der Waals surface area contributed by atoms with Gasteiger partial charge in [0.15, 0.2) is 5.13 Å². The van der Waals surface area contributed by atoms with Gasteiger partial charge in [0, 0.05) is 34.4 Å². The van der Waals surface area contributed by atoms with Crippen LogP contribution in [0.3, 0.4) is 0 Å². The zero-order valence-electron chi connectivity index (χ0n) is 14.3. The first kappa shape index (κ1) is 18.7. The third kappa shape index (κ3) is 3.70. The van der Waals surface area contributed by atoms with Crippen molar-refractivity contribution in [2.75, 3.05) is 5.32 Å². The number of rotatable bonds is 5. The van der Waals surface area contributed by atoms with Crippen molar-refractivity contribution in [2.24, 2.45) is 0 Å². The van der Waals surface area contributed by atoms with E-state index in [2.05, 4.69) is 41.4 Å². The number of carbonyl (C=O) groups is 1. The second-order valence-corrected chi connectivity index (χ2v) is 7.48. The molecule has 4 nitrogen and oxygen atoms in total. The molecule has 1 aromatic carbocycles. The molecule has 0 atom stereocenters. The zero-order valence-corrected chi connectivity index (χ0v) is 16.7. The number of nitrogens with one attached hydrogen (secondary N) is 1. The molecule has 3 aromatic rings. The molecule has 1 amide bonds. The molecule has 7 heteroatoms. The van der Waals surface area contributed by atoms with E-state index in [0.29, 0.717) is 20.7 Å². The monoisotopic (exact) mass is 405 g/mol. The molecule has 1 N–H and O–H groups in total. The van der Waals surface area contributed by atoms with Crippen LogP contribution in [-0.2, 0) is 6.54 Å². The van der Waals surface area contributed by atoms with Crippen LogP contribution in [0.25, 0.3) is 11.3 Å². The second-order valence-electron chi connectivity index (χ2n) is 5.80. The molecule has 0 spiro atoms. The fourth-order valence-corrected chi connectivity index (χ4v) is 3.74. The molecule has 26 heavy (non-hydrogen) atoms. The number of anilines is 1. The Bertz CT molecular complexity index is 991. The Morgan fingerprint density at radius 3 is 2.77 bits per heavy atom. The summed E-state index contributed by atoms with van der Waals surface area (Å²) in [5.41, 5.74) is 4.58. The summed E-state index contributed by atoms with van der Waals surface area (Å²) in [5, 5.41) is 6.03. The molecular weight excluding hydrogens is 389 g/mol. The van der Waals surface area contributed by atoms with Gasteiger partial charge in [-0.2, -0.15) is 0 Å². The number of hydrogen-bond acceptors (Lipinski definition) is 3. The normalized spacial score (nSPS) is 10.8. The molecule has 0 unspecified atom stereocenters. The van der Waals surface area contributed by atoms with E-state index < -0.39 is 0 Å². The largest absolute Gasteiger partial charge is 0.345 e. The predicted octanol–water partition coefficient (Wildman–Crippen LogP) is 5.97. The highest BCUT2D eigenvalue weighted by Gasteiger charge is 2.15. The summed E-state index contributed by atoms with van der Waals surface area (Å²) in [6.07, 6.45) is 1.87. The van der Waals surface area contributed by atoms with Gasteiger partial charge in [-0.3, -0.25) is 10.1 Å². The van der Waals surface area contributed by atoms with Gasteiger partial charge < -0.3 is 4.57 Å². The molecule has 0 bridgehead atoms. The molecule has 0 aliphatic heterocycles. The van der Waals surface area contributed by atoms with Crippen molar-refractivity contribution in [3.05, 3.63) is 69.3 Å². The highest BCUT2D eigenvalue weighted by Crippen LogP contribution is 2.30. The molecule has 0 aliphatic carbocycles. The lowest BCUT2D eigenvalue weighted by molar-refractivity contribution is 0.102. The average Bonchev–Trinajstić information content (AvgIpc) is 3.17. The van der Waals surface area contributed by atoms with E-state index in [1.54, 1.807) is 12.1 Å². The van der Waals surface area contributed by atoms with Gasteiger partial charge in [0.25, 0.3) is 5.91 Å². The minimum absolute atomic E-state index is 0.276. The number of halogens is 2. The number of carbonyl (C=O) groups excluding carboxylic acids is 1. The number of allylic oxidation sites excluding steroid dienone is 1. The molecule has 3 rings (SSSR count). The van der Waals surface area contributed by atoms with E-state index in [-0.39, 0.29) is 5.91 Å². The standard InChI is InChI=1S/C19H17Cl2N3OS/c1-4-7-24-11(2)8-14(12(24)3)17-10-26-19(22-17)23-18(25)13-5-6-15(20)16(21)9-13/h4-6,8-10H,1,7H2,2-3H3,(H,22,23,25). The summed E-state index contributed by atoms with van der Waals surface area (Å²) in [6.45, 7) is 8.66. The number of benzene rings is 1. The lowest BCUT2D eigenvalue weighted by atomic mass is 10.2. The van der Waals surface area contributed by atoms with Gasteiger partial charge in [-0.25, -0.2) is 4.98 Å². The van der Waals surface area contributed by atoms with Crippen LogP contribution >= 0.6 is 34.5 Å². The highest BCUT2D eigenvalue weighted by atomic mass is 35.5. The lowest BCUT2D eigenvalue weighted by Crippen LogP contribution is -2.11. The molecule has 134 valence electrons. The minimum Gasteiger partial charge on any atom is -0.345 e. The van der Waals surface area contributed by atoms with E-state index in [4.69, 9.17) is 23.2 Å². The topological polar surface area (TPSA) is 46.9 Å². The lowest BCUT2D eigenvalue weighted by Gasteiger charge is -2.05. The van der Waals surface area contributed by atoms with Crippen LogP contribution in [0.1, 0.15) is 21.7 Å². The Kier molecular flexibility index (Phi) is 5.51. The van der Waals surface area contributed by atoms with E-state index >= 15 is 0 Å². The Morgan fingerprint density at radius 2 is 2.08 bits per heavy atom. The van der Waals surface area contributed by atoms with Crippen LogP contribution in [0.5, 0.6) is 0 Å². The summed E-state index contributed by atoms with van der Waals surface area (Å²) in [6, 6.07) is 6.86. The predicted molar refractivity (Wildman–Crippen MR) is 110 cm³/mol. The van der Waals surface area contributed by atoms with Gasteiger partial charge in [-0.1, -0.05) is 29.3 Å². The Morgan fingerprint density at radius 1 is 1.31 bits per heavy atom. The van der Waals surface area contributed by atoms with Crippen molar-refractivity contribution in [3.63, 3.8) is 0 Å². The summed E-state index contributed by atoms with van der Waals surface area (Å²) < 4.78 is 2.18. The third-order valence-corrected chi connectivity index (χ3v) is 5.56. The van der Waals surface area contributed by atoms with Crippen molar-refractivity contribution in [2.45, 2.75) is 20.4 Å². The van der Waals surface area contributed by atoms with Crippen LogP contribution in [0.15, 0.2) is 42.3 Å². The molecule has 0 saturated heterocycles.